The molecule has 1 amide bonds. The number of anilines is 1. The zero-order chi connectivity index (χ0) is 20.8. The summed E-state index contributed by atoms with van der Waals surface area (Å²) in [6.07, 6.45) is -0.363. The van der Waals surface area contributed by atoms with Gasteiger partial charge in [0.25, 0.3) is 5.91 Å². The number of nitrogens with zero attached hydrogens (tertiary/aromatic N) is 3. The normalized spacial score (nSPS) is 11.8. The molecule has 0 aliphatic carbocycles. The number of rotatable bonds is 8. The van der Waals surface area contributed by atoms with E-state index < -0.39 is 18.0 Å². The molecule has 2 heterocycles. The van der Waals surface area contributed by atoms with E-state index in [0.29, 0.717) is 24.0 Å². The fraction of sp³-hybridized carbons (Fsp3) is 0.350. The molecular weight excluding hydrogens is 376 g/mol. The topological polar surface area (TPSA) is 120 Å². The van der Waals surface area contributed by atoms with Gasteiger partial charge in [0.2, 0.25) is 11.8 Å². The molecule has 0 aliphatic heterocycles. The number of esters is 1. The zero-order valence-electron chi connectivity index (χ0n) is 16.5. The monoisotopic (exact) mass is 398 g/mol. The Bertz CT molecular complexity index is 977. The number of aromatic nitrogens is 3. The van der Waals surface area contributed by atoms with E-state index in [0.717, 1.165) is 11.1 Å². The number of benzene rings is 1. The maximum absolute atomic E-state index is 12.2. The molecule has 2 aromatic heterocycles. The lowest BCUT2D eigenvalue weighted by molar-refractivity contribution is -0.154. The van der Waals surface area contributed by atoms with Crippen molar-refractivity contribution in [1.82, 2.24) is 15.4 Å². The minimum atomic E-state index is -0.926. The Morgan fingerprint density at radius 1 is 1.17 bits per heavy atom. The number of amides is 1. The highest BCUT2D eigenvalue weighted by atomic mass is 16.5. The average molecular weight is 398 g/mol. The van der Waals surface area contributed by atoms with Crippen LogP contribution in [0, 0.1) is 13.8 Å². The number of ether oxygens (including phenoxy) is 1. The van der Waals surface area contributed by atoms with Crippen molar-refractivity contribution in [3.05, 3.63) is 47.5 Å². The van der Waals surface area contributed by atoms with E-state index >= 15 is 0 Å². The minimum Gasteiger partial charge on any atom is -0.452 e. The summed E-state index contributed by atoms with van der Waals surface area (Å²) in [5, 5.41) is 14.2. The molecule has 0 radical (unpaired) electrons. The Morgan fingerprint density at radius 3 is 2.59 bits per heavy atom. The molecule has 0 spiro atoms. The second-order valence-corrected chi connectivity index (χ2v) is 6.57. The van der Waals surface area contributed by atoms with E-state index in [1.165, 1.54) is 0 Å². The van der Waals surface area contributed by atoms with Gasteiger partial charge in [-0.2, -0.15) is 0 Å². The number of carbonyl (C=O) groups is 2. The van der Waals surface area contributed by atoms with Crippen LogP contribution < -0.4 is 5.32 Å². The molecule has 0 saturated heterocycles. The summed E-state index contributed by atoms with van der Waals surface area (Å²) in [5.74, 6) is 0.564. The third kappa shape index (κ3) is 5.50. The molecule has 1 atom stereocenters. The third-order valence-electron chi connectivity index (χ3n) is 4.12. The van der Waals surface area contributed by atoms with Crippen molar-refractivity contribution in [3.63, 3.8) is 0 Å². The lowest BCUT2D eigenvalue weighted by Gasteiger charge is -2.14. The van der Waals surface area contributed by atoms with E-state index in [1.807, 2.05) is 31.2 Å². The number of nitrogens with one attached hydrogen (secondary N) is 1. The Hall–Kier alpha value is -3.49. The van der Waals surface area contributed by atoms with E-state index in [-0.39, 0.29) is 18.7 Å². The number of carbonyl (C=O) groups excluding carboxylic acids is 2. The van der Waals surface area contributed by atoms with Gasteiger partial charge in [-0.3, -0.25) is 9.59 Å². The molecule has 0 bridgehead atoms. The Labute approximate surface area is 167 Å². The van der Waals surface area contributed by atoms with Gasteiger partial charge in [0.15, 0.2) is 11.9 Å². The van der Waals surface area contributed by atoms with Crippen molar-refractivity contribution < 1.29 is 23.3 Å². The van der Waals surface area contributed by atoms with Crippen LogP contribution in [0.5, 0.6) is 0 Å². The maximum Gasteiger partial charge on any atom is 0.307 e. The lowest BCUT2D eigenvalue weighted by atomic mass is 10.1. The summed E-state index contributed by atoms with van der Waals surface area (Å²) >= 11 is 0. The minimum absolute atomic E-state index is 0.0162. The van der Waals surface area contributed by atoms with Gasteiger partial charge < -0.3 is 19.0 Å². The number of hydrogen-bond donors (Lipinski definition) is 1. The van der Waals surface area contributed by atoms with Crippen LogP contribution >= 0.6 is 0 Å². The predicted octanol–water partition coefficient (Wildman–Crippen LogP) is 3.23. The quantitative estimate of drug-likeness (QED) is 0.574. The molecule has 0 saturated carbocycles. The molecule has 1 aromatic carbocycles. The average Bonchev–Trinajstić information content (AvgIpc) is 3.34. The van der Waals surface area contributed by atoms with Gasteiger partial charge >= 0.3 is 5.97 Å². The zero-order valence-corrected chi connectivity index (χ0v) is 16.5. The summed E-state index contributed by atoms with van der Waals surface area (Å²) in [5.41, 5.74) is 1.94. The summed E-state index contributed by atoms with van der Waals surface area (Å²) < 4.78 is 15.8. The first kappa shape index (κ1) is 20.2. The molecule has 9 nitrogen and oxygen atoms in total. The largest absolute Gasteiger partial charge is 0.452 e. The van der Waals surface area contributed by atoms with E-state index in [2.05, 4.69) is 20.7 Å². The van der Waals surface area contributed by atoms with Crippen molar-refractivity contribution in [2.24, 2.45) is 0 Å². The van der Waals surface area contributed by atoms with Crippen molar-refractivity contribution in [2.45, 2.75) is 46.1 Å². The number of aryl methyl sites for hydroxylation is 3. The van der Waals surface area contributed by atoms with Gasteiger partial charge in [-0.25, -0.2) is 0 Å². The van der Waals surface area contributed by atoms with Crippen LogP contribution in [0.25, 0.3) is 11.5 Å². The first-order valence-corrected chi connectivity index (χ1v) is 9.27. The molecule has 0 fully saturated rings. The Kier molecular flexibility index (Phi) is 6.38. The smallest absolute Gasteiger partial charge is 0.307 e. The van der Waals surface area contributed by atoms with Crippen LogP contribution in [0.1, 0.15) is 37.0 Å². The standard InChI is InChI=1S/C20H22N4O5/c1-4-15(19(26)21-16-11-13(3)29-24-16)27-18(25)10-9-17-22-23-20(28-17)14-7-5-12(2)6-8-14/h5-8,11,15H,4,9-10H2,1-3H3,(H,21,24,26). The molecule has 0 aliphatic rings. The summed E-state index contributed by atoms with van der Waals surface area (Å²) in [6.45, 7) is 5.45. The molecule has 3 rings (SSSR count). The van der Waals surface area contributed by atoms with Crippen LogP contribution in [0.3, 0.4) is 0 Å². The van der Waals surface area contributed by atoms with E-state index in [4.69, 9.17) is 13.7 Å². The Morgan fingerprint density at radius 2 is 1.93 bits per heavy atom. The fourth-order valence-corrected chi connectivity index (χ4v) is 2.55. The predicted molar refractivity (Wildman–Crippen MR) is 103 cm³/mol. The van der Waals surface area contributed by atoms with Crippen LogP contribution in [0.2, 0.25) is 0 Å². The number of hydrogen-bond acceptors (Lipinski definition) is 8. The third-order valence-corrected chi connectivity index (χ3v) is 4.12. The molecular formula is C20H22N4O5. The summed E-state index contributed by atoms with van der Waals surface area (Å²) in [4.78, 5) is 24.4. The molecule has 29 heavy (non-hydrogen) atoms. The van der Waals surface area contributed by atoms with Crippen molar-refractivity contribution in [2.75, 3.05) is 5.32 Å². The van der Waals surface area contributed by atoms with Gasteiger partial charge in [0.05, 0.1) is 6.42 Å². The molecule has 3 aromatic rings. The second-order valence-electron chi connectivity index (χ2n) is 6.57. The summed E-state index contributed by atoms with van der Waals surface area (Å²) in [7, 11) is 0. The van der Waals surface area contributed by atoms with E-state index in [1.54, 1.807) is 19.9 Å². The van der Waals surface area contributed by atoms with Crippen molar-refractivity contribution >= 4 is 17.7 Å². The van der Waals surface area contributed by atoms with Crippen LogP contribution in [0.4, 0.5) is 5.82 Å². The summed E-state index contributed by atoms with van der Waals surface area (Å²) in [6, 6.07) is 9.26. The van der Waals surface area contributed by atoms with Crippen LogP contribution in [-0.4, -0.2) is 33.3 Å². The molecule has 152 valence electrons. The maximum atomic E-state index is 12.2. The fourth-order valence-electron chi connectivity index (χ4n) is 2.55. The first-order valence-electron chi connectivity index (χ1n) is 9.27. The molecule has 9 heteroatoms. The van der Waals surface area contributed by atoms with Crippen molar-refractivity contribution in [3.8, 4) is 11.5 Å². The highest BCUT2D eigenvalue weighted by Crippen LogP contribution is 2.19. The van der Waals surface area contributed by atoms with Gasteiger partial charge in [-0.15, -0.1) is 10.2 Å². The highest BCUT2D eigenvalue weighted by Gasteiger charge is 2.22. The van der Waals surface area contributed by atoms with Gasteiger partial charge in [0.1, 0.15) is 5.76 Å². The highest BCUT2D eigenvalue weighted by molar-refractivity contribution is 5.94. The van der Waals surface area contributed by atoms with Crippen LogP contribution in [0.15, 0.2) is 39.3 Å². The Balaban J connectivity index is 1.50. The molecule has 1 unspecified atom stereocenters. The van der Waals surface area contributed by atoms with Crippen molar-refractivity contribution in [1.29, 1.82) is 0 Å². The van der Waals surface area contributed by atoms with Gasteiger partial charge in [-0.05, 0) is 32.4 Å². The van der Waals surface area contributed by atoms with Crippen LogP contribution in [-0.2, 0) is 20.7 Å². The van der Waals surface area contributed by atoms with E-state index in [9.17, 15) is 9.59 Å². The van der Waals surface area contributed by atoms with Gasteiger partial charge in [0, 0.05) is 18.1 Å². The molecule has 1 N–H and O–H groups in total. The second kappa shape index (κ2) is 9.13. The SMILES string of the molecule is CCC(OC(=O)CCc1nnc(-c2ccc(C)cc2)o1)C(=O)Nc1cc(C)on1. The lowest BCUT2D eigenvalue weighted by Crippen LogP contribution is -2.32. The first-order chi connectivity index (χ1) is 13.9. The van der Waals surface area contributed by atoms with Gasteiger partial charge in [-0.1, -0.05) is 29.8 Å².